The molecule has 116 valence electrons. The van der Waals surface area contributed by atoms with E-state index in [0.29, 0.717) is 23.6 Å². The van der Waals surface area contributed by atoms with Crippen molar-refractivity contribution in [1.82, 2.24) is 4.57 Å². The normalized spacial score (nSPS) is 10.3. The summed E-state index contributed by atoms with van der Waals surface area (Å²) in [4.78, 5) is 34.7. The van der Waals surface area contributed by atoms with Gasteiger partial charge in [0, 0.05) is 11.1 Å². The number of aromatic nitrogens is 1. The van der Waals surface area contributed by atoms with Crippen LogP contribution in [-0.2, 0) is 16.1 Å². The molecule has 0 aliphatic heterocycles. The Labute approximate surface area is 130 Å². The van der Waals surface area contributed by atoms with Crippen LogP contribution in [0.2, 0.25) is 0 Å². The minimum absolute atomic E-state index is 0.145. The summed E-state index contributed by atoms with van der Waals surface area (Å²) in [6, 6.07) is 6.05. The van der Waals surface area contributed by atoms with Crippen molar-refractivity contribution in [1.29, 1.82) is 0 Å². The standard InChI is InChI=1S/C15H15NO5S/c1-3-20-14(18)11-4-6-12(7-5-11)21-13(17)8-16-10(2)9-22-15(16)19/h4-7,9H,3,8H2,1-2H3. The second-order valence-corrected chi connectivity index (χ2v) is 5.27. The van der Waals surface area contributed by atoms with Gasteiger partial charge in [0.15, 0.2) is 0 Å². The third-order valence-corrected chi connectivity index (χ3v) is 3.74. The Balaban J connectivity index is 2.00. The number of hydrogen-bond acceptors (Lipinski definition) is 6. The van der Waals surface area contributed by atoms with Gasteiger partial charge in [0.05, 0.1) is 12.2 Å². The molecule has 1 aromatic carbocycles. The average Bonchev–Trinajstić information content (AvgIpc) is 2.80. The minimum atomic E-state index is -0.549. The van der Waals surface area contributed by atoms with Crippen molar-refractivity contribution >= 4 is 23.3 Å². The maximum Gasteiger partial charge on any atom is 0.338 e. The molecule has 6 nitrogen and oxygen atoms in total. The Morgan fingerprint density at radius 3 is 2.45 bits per heavy atom. The number of benzene rings is 1. The van der Waals surface area contributed by atoms with Crippen LogP contribution in [0.5, 0.6) is 5.75 Å². The van der Waals surface area contributed by atoms with Crippen LogP contribution in [-0.4, -0.2) is 23.1 Å². The van der Waals surface area contributed by atoms with E-state index in [-0.39, 0.29) is 11.4 Å². The van der Waals surface area contributed by atoms with E-state index < -0.39 is 11.9 Å². The molecule has 0 aliphatic carbocycles. The third-order valence-electron chi connectivity index (χ3n) is 2.86. The molecule has 0 saturated heterocycles. The largest absolute Gasteiger partial charge is 0.462 e. The summed E-state index contributed by atoms with van der Waals surface area (Å²) in [5, 5.41) is 1.68. The molecule has 0 bridgehead atoms. The second kappa shape index (κ2) is 7.04. The van der Waals surface area contributed by atoms with Gasteiger partial charge in [0.25, 0.3) is 0 Å². The van der Waals surface area contributed by atoms with Crippen LogP contribution in [0.4, 0.5) is 0 Å². The molecular formula is C15H15NO5S. The van der Waals surface area contributed by atoms with Crippen molar-refractivity contribution < 1.29 is 19.1 Å². The number of rotatable bonds is 5. The summed E-state index contributed by atoms with van der Waals surface area (Å²) in [6.07, 6.45) is 0. The monoisotopic (exact) mass is 321 g/mol. The maximum absolute atomic E-state index is 11.8. The Morgan fingerprint density at radius 1 is 1.23 bits per heavy atom. The van der Waals surface area contributed by atoms with Gasteiger partial charge in [-0.05, 0) is 38.1 Å². The summed E-state index contributed by atoms with van der Waals surface area (Å²) in [5.41, 5.74) is 1.09. The number of carbonyl (C=O) groups excluding carboxylic acids is 2. The quantitative estimate of drug-likeness (QED) is 0.622. The molecule has 1 aromatic heterocycles. The zero-order valence-corrected chi connectivity index (χ0v) is 13.0. The van der Waals surface area contributed by atoms with Crippen molar-refractivity contribution in [2.75, 3.05) is 6.61 Å². The predicted octanol–water partition coefficient (Wildman–Crippen LogP) is 2.00. The number of hydrogen-bond donors (Lipinski definition) is 0. The Hall–Kier alpha value is -2.41. The fraction of sp³-hybridized carbons (Fsp3) is 0.267. The summed E-state index contributed by atoms with van der Waals surface area (Å²) in [7, 11) is 0. The Morgan fingerprint density at radius 2 is 1.91 bits per heavy atom. The second-order valence-electron chi connectivity index (χ2n) is 4.45. The van der Waals surface area contributed by atoms with Crippen LogP contribution in [0, 0.1) is 6.92 Å². The fourth-order valence-corrected chi connectivity index (χ4v) is 2.50. The average molecular weight is 321 g/mol. The first kappa shape index (κ1) is 16.0. The highest BCUT2D eigenvalue weighted by Crippen LogP contribution is 2.13. The highest BCUT2D eigenvalue weighted by atomic mass is 32.1. The number of ether oxygens (including phenoxy) is 2. The summed E-state index contributed by atoms with van der Waals surface area (Å²) in [6.45, 7) is 3.62. The third kappa shape index (κ3) is 3.82. The SMILES string of the molecule is CCOC(=O)c1ccc(OC(=O)Cn2c(C)csc2=O)cc1. The zero-order valence-electron chi connectivity index (χ0n) is 12.2. The molecule has 0 radical (unpaired) electrons. The summed E-state index contributed by atoms with van der Waals surface area (Å²) >= 11 is 1.04. The molecular weight excluding hydrogens is 306 g/mol. The predicted molar refractivity (Wildman–Crippen MR) is 81.3 cm³/mol. The smallest absolute Gasteiger partial charge is 0.338 e. The van der Waals surface area contributed by atoms with Crippen LogP contribution >= 0.6 is 11.3 Å². The van der Waals surface area contributed by atoms with Gasteiger partial charge in [-0.25, -0.2) is 9.59 Å². The lowest BCUT2D eigenvalue weighted by molar-refractivity contribution is -0.135. The van der Waals surface area contributed by atoms with Crippen molar-refractivity contribution in [2.24, 2.45) is 0 Å². The molecule has 0 fully saturated rings. The van der Waals surface area contributed by atoms with Crippen molar-refractivity contribution in [3.8, 4) is 5.75 Å². The van der Waals surface area contributed by atoms with Gasteiger partial charge in [0.2, 0.25) is 0 Å². The number of carbonyl (C=O) groups is 2. The number of aryl methyl sites for hydroxylation is 1. The highest BCUT2D eigenvalue weighted by Gasteiger charge is 2.11. The summed E-state index contributed by atoms with van der Waals surface area (Å²) < 4.78 is 11.4. The summed E-state index contributed by atoms with van der Waals surface area (Å²) in [5.74, 6) is -0.674. The van der Waals surface area contributed by atoms with E-state index in [1.54, 1.807) is 19.2 Å². The lowest BCUT2D eigenvalue weighted by Gasteiger charge is -2.07. The first-order chi connectivity index (χ1) is 10.5. The van der Waals surface area contributed by atoms with E-state index in [2.05, 4.69) is 0 Å². The lowest BCUT2D eigenvalue weighted by atomic mass is 10.2. The van der Waals surface area contributed by atoms with Crippen LogP contribution in [0.25, 0.3) is 0 Å². The van der Waals surface area contributed by atoms with Gasteiger partial charge >= 0.3 is 16.8 Å². The van der Waals surface area contributed by atoms with E-state index in [0.717, 1.165) is 11.3 Å². The van der Waals surface area contributed by atoms with Gasteiger partial charge in [-0.2, -0.15) is 0 Å². The molecule has 0 amide bonds. The highest BCUT2D eigenvalue weighted by molar-refractivity contribution is 7.07. The molecule has 0 N–H and O–H groups in total. The van der Waals surface area contributed by atoms with Crippen LogP contribution in [0.3, 0.4) is 0 Å². The molecule has 0 aliphatic rings. The van der Waals surface area contributed by atoms with Crippen molar-refractivity contribution in [3.63, 3.8) is 0 Å². The molecule has 0 saturated carbocycles. The number of esters is 2. The maximum atomic E-state index is 11.8. The van der Waals surface area contributed by atoms with Gasteiger partial charge in [-0.3, -0.25) is 9.36 Å². The van der Waals surface area contributed by atoms with E-state index in [9.17, 15) is 14.4 Å². The first-order valence-corrected chi connectivity index (χ1v) is 7.52. The van der Waals surface area contributed by atoms with Crippen molar-refractivity contribution in [3.05, 3.63) is 50.6 Å². The van der Waals surface area contributed by atoms with Crippen LogP contribution in [0.15, 0.2) is 34.4 Å². The Kier molecular flexibility index (Phi) is 5.11. The van der Waals surface area contributed by atoms with E-state index in [4.69, 9.17) is 9.47 Å². The van der Waals surface area contributed by atoms with E-state index in [1.165, 1.54) is 28.8 Å². The number of thiazole rings is 1. The molecule has 22 heavy (non-hydrogen) atoms. The topological polar surface area (TPSA) is 74.6 Å². The fourth-order valence-electron chi connectivity index (χ4n) is 1.76. The van der Waals surface area contributed by atoms with Crippen molar-refractivity contribution in [2.45, 2.75) is 20.4 Å². The van der Waals surface area contributed by atoms with Gasteiger partial charge in [-0.15, -0.1) is 0 Å². The van der Waals surface area contributed by atoms with Crippen LogP contribution in [0.1, 0.15) is 23.0 Å². The van der Waals surface area contributed by atoms with Crippen LogP contribution < -0.4 is 9.61 Å². The molecule has 0 unspecified atom stereocenters. The molecule has 1 heterocycles. The van der Waals surface area contributed by atoms with E-state index in [1.807, 2.05) is 0 Å². The molecule has 2 aromatic rings. The molecule has 2 rings (SSSR count). The first-order valence-electron chi connectivity index (χ1n) is 6.64. The Bertz CT molecular complexity index is 729. The minimum Gasteiger partial charge on any atom is -0.462 e. The number of nitrogens with zero attached hydrogens (tertiary/aromatic N) is 1. The van der Waals surface area contributed by atoms with Gasteiger partial charge in [-0.1, -0.05) is 11.3 Å². The van der Waals surface area contributed by atoms with Gasteiger partial charge < -0.3 is 9.47 Å². The zero-order chi connectivity index (χ0) is 16.1. The van der Waals surface area contributed by atoms with E-state index >= 15 is 0 Å². The van der Waals surface area contributed by atoms with Gasteiger partial charge in [0.1, 0.15) is 12.3 Å². The molecule has 0 spiro atoms. The molecule has 0 atom stereocenters. The molecule has 7 heteroatoms. The lowest BCUT2D eigenvalue weighted by Crippen LogP contribution is -2.23.